The summed E-state index contributed by atoms with van der Waals surface area (Å²) >= 11 is 0. The number of hydrogen-bond acceptors (Lipinski definition) is 3. The molecule has 4 rings (SSSR count). The largest absolute Gasteiger partial charge is 0.352 e. The van der Waals surface area contributed by atoms with Crippen LogP contribution in [0.5, 0.6) is 0 Å². The molecule has 3 aromatic heterocycles. The molecule has 1 amide bonds. The van der Waals surface area contributed by atoms with E-state index in [0.717, 1.165) is 40.7 Å². The first-order valence-electron chi connectivity index (χ1n) is 9.42. The number of carbonyl (C=O) groups excluding carboxylic acids is 1. The number of amides is 1. The van der Waals surface area contributed by atoms with E-state index < -0.39 is 0 Å². The first kappa shape index (κ1) is 17.9. The minimum absolute atomic E-state index is 0.0736. The zero-order valence-corrected chi connectivity index (χ0v) is 15.8. The second kappa shape index (κ2) is 8.05. The van der Waals surface area contributed by atoms with Crippen molar-refractivity contribution in [3.05, 3.63) is 83.9 Å². The third kappa shape index (κ3) is 4.09. The Morgan fingerprint density at radius 1 is 1.00 bits per heavy atom. The fourth-order valence-corrected chi connectivity index (χ4v) is 3.16. The van der Waals surface area contributed by atoms with Crippen LogP contribution in [0.3, 0.4) is 0 Å². The molecular weight excluding hydrogens is 348 g/mol. The third-order valence-corrected chi connectivity index (χ3v) is 4.79. The van der Waals surface area contributed by atoms with E-state index in [1.807, 2.05) is 31.5 Å². The normalized spacial score (nSPS) is 10.9. The Kier molecular flexibility index (Phi) is 5.15. The SMILES string of the molecule is Cc1ccc(C(=O)NCCCc2ccc(-c3cnc4[nH]ccc4c3)cc2)cn1. The first-order valence-corrected chi connectivity index (χ1v) is 9.42. The van der Waals surface area contributed by atoms with Gasteiger partial charge < -0.3 is 10.3 Å². The minimum atomic E-state index is -0.0736. The highest BCUT2D eigenvalue weighted by Crippen LogP contribution is 2.22. The Balaban J connectivity index is 1.29. The van der Waals surface area contributed by atoms with Gasteiger partial charge in [-0.3, -0.25) is 9.78 Å². The number of aryl methyl sites for hydroxylation is 2. The van der Waals surface area contributed by atoms with Crippen molar-refractivity contribution in [1.29, 1.82) is 0 Å². The molecule has 5 nitrogen and oxygen atoms in total. The molecule has 5 heteroatoms. The number of rotatable bonds is 6. The van der Waals surface area contributed by atoms with Crippen LogP contribution in [0.15, 0.2) is 67.1 Å². The lowest BCUT2D eigenvalue weighted by Crippen LogP contribution is -2.24. The molecule has 0 spiro atoms. The maximum absolute atomic E-state index is 12.1. The van der Waals surface area contributed by atoms with Gasteiger partial charge in [-0.25, -0.2) is 4.98 Å². The zero-order valence-electron chi connectivity index (χ0n) is 15.8. The smallest absolute Gasteiger partial charge is 0.252 e. The number of carbonyl (C=O) groups is 1. The third-order valence-electron chi connectivity index (χ3n) is 4.79. The van der Waals surface area contributed by atoms with Gasteiger partial charge in [0, 0.05) is 41.8 Å². The molecule has 0 fully saturated rings. The van der Waals surface area contributed by atoms with Gasteiger partial charge in [0.15, 0.2) is 0 Å². The molecule has 0 radical (unpaired) electrons. The van der Waals surface area contributed by atoms with Crippen LogP contribution < -0.4 is 5.32 Å². The number of H-pyrrole nitrogens is 1. The van der Waals surface area contributed by atoms with E-state index in [1.54, 1.807) is 12.3 Å². The van der Waals surface area contributed by atoms with Crippen LogP contribution in [0.2, 0.25) is 0 Å². The van der Waals surface area contributed by atoms with Crippen LogP contribution >= 0.6 is 0 Å². The van der Waals surface area contributed by atoms with Crippen molar-refractivity contribution >= 4 is 16.9 Å². The second-order valence-electron chi connectivity index (χ2n) is 6.88. The molecule has 0 aliphatic heterocycles. The van der Waals surface area contributed by atoms with Crippen molar-refractivity contribution in [3.8, 4) is 11.1 Å². The van der Waals surface area contributed by atoms with Crippen molar-refractivity contribution in [2.24, 2.45) is 0 Å². The highest BCUT2D eigenvalue weighted by Gasteiger charge is 2.05. The zero-order chi connectivity index (χ0) is 19.3. The van der Waals surface area contributed by atoms with Crippen LogP contribution in [-0.4, -0.2) is 27.4 Å². The monoisotopic (exact) mass is 370 g/mol. The molecular formula is C23H22N4O. The predicted octanol–water partition coefficient (Wildman–Crippen LogP) is 4.30. The van der Waals surface area contributed by atoms with Crippen molar-refractivity contribution in [2.45, 2.75) is 19.8 Å². The van der Waals surface area contributed by atoms with Crippen LogP contribution in [0, 0.1) is 6.92 Å². The van der Waals surface area contributed by atoms with E-state index in [0.29, 0.717) is 12.1 Å². The van der Waals surface area contributed by atoms with Gasteiger partial charge in [0.1, 0.15) is 5.65 Å². The van der Waals surface area contributed by atoms with Gasteiger partial charge in [0.2, 0.25) is 0 Å². The maximum atomic E-state index is 12.1. The molecule has 0 aliphatic rings. The average molecular weight is 370 g/mol. The molecule has 0 aliphatic carbocycles. The van der Waals surface area contributed by atoms with Gasteiger partial charge in [-0.2, -0.15) is 0 Å². The lowest BCUT2D eigenvalue weighted by Gasteiger charge is -2.07. The van der Waals surface area contributed by atoms with E-state index >= 15 is 0 Å². The summed E-state index contributed by atoms with van der Waals surface area (Å²) in [6.07, 6.45) is 7.22. The summed E-state index contributed by atoms with van der Waals surface area (Å²) in [5.41, 5.74) is 5.93. The Bertz CT molecular complexity index is 1080. The molecule has 0 atom stereocenters. The highest BCUT2D eigenvalue weighted by atomic mass is 16.1. The number of pyridine rings is 2. The molecule has 4 aromatic rings. The number of nitrogens with one attached hydrogen (secondary N) is 2. The molecule has 1 aromatic carbocycles. The summed E-state index contributed by atoms with van der Waals surface area (Å²) in [6, 6.07) is 16.4. The summed E-state index contributed by atoms with van der Waals surface area (Å²) in [4.78, 5) is 23.8. The van der Waals surface area contributed by atoms with Gasteiger partial charge in [-0.05, 0) is 55.2 Å². The summed E-state index contributed by atoms with van der Waals surface area (Å²) in [7, 11) is 0. The lowest BCUT2D eigenvalue weighted by molar-refractivity contribution is 0.0953. The Morgan fingerprint density at radius 2 is 1.86 bits per heavy atom. The summed E-state index contributed by atoms with van der Waals surface area (Å²) in [6.45, 7) is 2.55. The van der Waals surface area contributed by atoms with Crippen molar-refractivity contribution in [1.82, 2.24) is 20.3 Å². The molecule has 0 saturated carbocycles. The van der Waals surface area contributed by atoms with Crippen LogP contribution in [0.1, 0.15) is 28.0 Å². The number of aromatic nitrogens is 3. The average Bonchev–Trinajstić information content (AvgIpc) is 3.20. The van der Waals surface area contributed by atoms with E-state index in [9.17, 15) is 4.79 Å². The molecule has 140 valence electrons. The summed E-state index contributed by atoms with van der Waals surface area (Å²) in [5.74, 6) is -0.0736. The minimum Gasteiger partial charge on any atom is -0.352 e. The van der Waals surface area contributed by atoms with E-state index in [2.05, 4.69) is 50.6 Å². The van der Waals surface area contributed by atoms with Crippen molar-refractivity contribution in [3.63, 3.8) is 0 Å². The van der Waals surface area contributed by atoms with E-state index in [-0.39, 0.29) is 5.91 Å². The fraction of sp³-hybridized carbons (Fsp3) is 0.174. The van der Waals surface area contributed by atoms with Crippen molar-refractivity contribution < 1.29 is 4.79 Å². The molecule has 0 unspecified atom stereocenters. The number of fused-ring (bicyclic) bond motifs is 1. The Morgan fingerprint density at radius 3 is 2.64 bits per heavy atom. The molecule has 2 N–H and O–H groups in total. The molecule has 0 saturated heterocycles. The number of benzene rings is 1. The number of nitrogens with zero attached hydrogens (tertiary/aromatic N) is 2. The van der Waals surface area contributed by atoms with Gasteiger partial charge in [0.05, 0.1) is 5.56 Å². The fourth-order valence-electron chi connectivity index (χ4n) is 3.16. The summed E-state index contributed by atoms with van der Waals surface area (Å²) < 4.78 is 0. The quantitative estimate of drug-likeness (QED) is 0.497. The highest BCUT2D eigenvalue weighted by molar-refractivity contribution is 5.93. The van der Waals surface area contributed by atoms with Crippen LogP contribution in [0.4, 0.5) is 0 Å². The van der Waals surface area contributed by atoms with Gasteiger partial charge in [-0.1, -0.05) is 24.3 Å². The second-order valence-corrected chi connectivity index (χ2v) is 6.88. The van der Waals surface area contributed by atoms with Crippen LogP contribution in [-0.2, 0) is 6.42 Å². The number of aromatic amines is 1. The van der Waals surface area contributed by atoms with Gasteiger partial charge in [-0.15, -0.1) is 0 Å². The van der Waals surface area contributed by atoms with E-state index in [1.165, 1.54) is 5.56 Å². The summed E-state index contributed by atoms with van der Waals surface area (Å²) in [5, 5.41) is 4.06. The molecule has 3 heterocycles. The van der Waals surface area contributed by atoms with Crippen molar-refractivity contribution in [2.75, 3.05) is 6.54 Å². The van der Waals surface area contributed by atoms with E-state index in [4.69, 9.17) is 0 Å². The predicted molar refractivity (Wildman–Crippen MR) is 111 cm³/mol. The topological polar surface area (TPSA) is 70.7 Å². The Labute approximate surface area is 163 Å². The van der Waals surface area contributed by atoms with Gasteiger partial charge in [0.25, 0.3) is 5.91 Å². The Hall–Kier alpha value is -3.47. The standard InChI is InChI=1S/C23H22N4O/c1-16-4-7-20(14-26-16)23(28)25-11-2-3-17-5-8-18(9-6-17)21-13-19-10-12-24-22(19)27-15-21/h4-10,12-15H,2-3,11H2,1H3,(H,24,27)(H,25,28). The lowest BCUT2D eigenvalue weighted by atomic mass is 10.0. The maximum Gasteiger partial charge on any atom is 0.252 e. The van der Waals surface area contributed by atoms with Gasteiger partial charge >= 0.3 is 0 Å². The first-order chi connectivity index (χ1) is 13.7. The molecule has 28 heavy (non-hydrogen) atoms. The number of hydrogen-bond donors (Lipinski definition) is 2. The van der Waals surface area contributed by atoms with Crippen LogP contribution in [0.25, 0.3) is 22.2 Å². The molecule has 0 bridgehead atoms.